The van der Waals surface area contributed by atoms with Gasteiger partial charge in [-0.15, -0.1) is 5.10 Å². The smallest absolute Gasteiger partial charge is 0.174 e. The van der Waals surface area contributed by atoms with Crippen LogP contribution in [-0.4, -0.2) is 56.3 Å². The Kier molecular flexibility index (Phi) is 6.34. The zero-order valence-corrected chi connectivity index (χ0v) is 18.3. The lowest BCUT2D eigenvalue weighted by Crippen LogP contribution is -2.48. The standard InChI is InChI=1S/C25H26FN7/c26-21-10-4-5-12-23(21)31-16-18-32(19-17-31)24(22-11-6-7-14-27-22)25-28-29-30-33(25)15-13-20-8-2-1-3-9-20/h1-12,14,24H,13,15-19H2/t24-/m0/s1. The van der Waals surface area contributed by atoms with Crippen LogP contribution < -0.4 is 4.90 Å². The topological polar surface area (TPSA) is 63.0 Å². The Balaban J connectivity index is 1.37. The van der Waals surface area contributed by atoms with Gasteiger partial charge in [0.15, 0.2) is 5.82 Å². The van der Waals surface area contributed by atoms with Crippen LogP contribution in [0, 0.1) is 5.82 Å². The molecule has 0 spiro atoms. The van der Waals surface area contributed by atoms with Crippen LogP contribution in [0.4, 0.5) is 10.1 Å². The maximum atomic E-state index is 14.3. The normalized spacial score (nSPS) is 15.5. The second-order valence-electron chi connectivity index (χ2n) is 8.13. The predicted octanol–water partition coefficient (Wildman–Crippen LogP) is 3.36. The highest BCUT2D eigenvalue weighted by Gasteiger charge is 2.31. The van der Waals surface area contributed by atoms with Crippen molar-refractivity contribution in [1.82, 2.24) is 30.1 Å². The number of benzene rings is 2. The van der Waals surface area contributed by atoms with Gasteiger partial charge in [0, 0.05) is 38.9 Å². The van der Waals surface area contributed by atoms with Crippen LogP contribution in [0.1, 0.15) is 23.1 Å². The van der Waals surface area contributed by atoms with Crippen LogP contribution in [0.5, 0.6) is 0 Å². The fourth-order valence-electron chi connectivity index (χ4n) is 4.40. The van der Waals surface area contributed by atoms with Crippen molar-refractivity contribution in [2.75, 3.05) is 31.1 Å². The summed E-state index contributed by atoms with van der Waals surface area (Å²) in [5.74, 6) is 0.598. The average Bonchev–Trinajstić information content (AvgIpc) is 3.33. The van der Waals surface area contributed by atoms with E-state index >= 15 is 0 Å². The van der Waals surface area contributed by atoms with Crippen LogP contribution in [0.25, 0.3) is 0 Å². The molecule has 0 unspecified atom stereocenters. The second kappa shape index (κ2) is 9.87. The van der Waals surface area contributed by atoms with Crippen molar-refractivity contribution in [3.05, 3.63) is 102 Å². The SMILES string of the molecule is Fc1ccccc1N1CCN([C@@H](c2ccccn2)c2nnnn2CCc2ccccc2)CC1. The summed E-state index contributed by atoms with van der Waals surface area (Å²) in [6.07, 6.45) is 2.64. The molecule has 1 atom stereocenters. The number of halogens is 1. The number of anilines is 1. The van der Waals surface area contributed by atoms with Crippen LogP contribution in [0.15, 0.2) is 79.0 Å². The number of rotatable bonds is 7. The van der Waals surface area contributed by atoms with Crippen LogP contribution in [-0.2, 0) is 13.0 Å². The van der Waals surface area contributed by atoms with Gasteiger partial charge < -0.3 is 4.90 Å². The lowest BCUT2D eigenvalue weighted by Gasteiger charge is -2.39. The molecule has 8 heteroatoms. The third kappa shape index (κ3) is 4.75. The maximum absolute atomic E-state index is 14.3. The van der Waals surface area contributed by atoms with Gasteiger partial charge in [0.1, 0.15) is 11.9 Å². The molecule has 5 rings (SSSR count). The highest BCUT2D eigenvalue weighted by atomic mass is 19.1. The quantitative estimate of drug-likeness (QED) is 0.437. The van der Waals surface area contributed by atoms with E-state index in [1.54, 1.807) is 12.3 Å². The lowest BCUT2D eigenvalue weighted by molar-refractivity contribution is 0.197. The molecular formula is C25H26FN7. The first-order chi connectivity index (χ1) is 16.3. The summed E-state index contributed by atoms with van der Waals surface area (Å²) in [5, 5.41) is 12.7. The van der Waals surface area contributed by atoms with E-state index in [2.05, 4.69) is 42.4 Å². The molecule has 1 aliphatic rings. The summed E-state index contributed by atoms with van der Waals surface area (Å²) < 4.78 is 16.2. The molecule has 0 amide bonds. The number of aryl methyl sites for hydroxylation is 2. The molecule has 1 aliphatic heterocycles. The highest BCUT2D eigenvalue weighted by molar-refractivity contribution is 5.48. The highest BCUT2D eigenvalue weighted by Crippen LogP contribution is 2.28. The molecule has 0 bridgehead atoms. The molecule has 0 N–H and O–H groups in total. The van der Waals surface area contributed by atoms with Crippen molar-refractivity contribution in [3.8, 4) is 0 Å². The molecule has 168 valence electrons. The van der Waals surface area contributed by atoms with Crippen molar-refractivity contribution in [2.45, 2.75) is 19.0 Å². The number of hydrogen-bond donors (Lipinski definition) is 0. The summed E-state index contributed by atoms with van der Waals surface area (Å²) >= 11 is 0. The van der Waals surface area contributed by atoms with E-state index in [-0.39, 0.29) is 11.9 Å². The molecular weight excluding hydrogens is 417 g/mol. The van der Waals surface area contributed by atoms with Crippen LogP contribution in [0.2, 0.25) is 0 Å². The number of nitrogens with zero attached hydrogens (tertiary/aromatic N) is 7. The minimum atomic E-state index is -0.183. The Morgan fingerprint density at radius 2 is 1.61 bits per heavy atom. The minimum Gasteiger partial charge on any atom is -0.367 e. The second-order valence-corrected chi connectivity index (χ2v) is 8.13. The summed E-state index contributed by atoms with van der Waals surface area (Å²) in [4.78, 5) is 9.07. The van der Waals surface area contributed by atoms with Crippen molar-refractivity contribution in [3.63, 3.8) is 0 Å². The number of piperazine rings is 1. The van der Waals surface area contributed by atoms with Gasteiger partial charge >= 0.3 is 0 Å². The Morgan fingerprint density at radius 1 is 0.848 bits per heavy atom. The first-order valence-electron chi connectivity index (χ1n) is 11.2. The van der Waals surface area contributed by atoms with Gasteiger partial charge in [-0.1, -0.05) is 48.5 Å². The molecule has 2 aromatic heterocycles. The fourth-order valence-corrected chi connectivity index (χ4v) is 4.40. The molecule has 2 aromatic carbocycles. The first-order valence-corrected chi connectivity index (χ1v) is 11.2. The van der Waals surface area contributed by atoms with Gasteiger partial charge in [-0.25, -0.2) is 9.07 Å². The molecule has 0 radical (unpaired) electrons. The Labute approximate surface area is 192 Å². The molecule has 33 heavy (non-hydrogen) atoms. The van der Waals surface area contributed by atoms with E-state index < -0.39 is 0 Å². The van der Waals surface area contributed by atoms with E-state index in [1.807, 2.05) is 53.2 Å². The number of aromatic nitrogens is 5. The average molecular weight is 444 g/mol. The molecule has 1 fully saturated rings. The van der Waals surface area contributed by atoms with E-state index in [1.165, 1.54) is 11.6 Å². The fraction of sp³-hybridized carbons (Fsp3) is 0.280. The van der Waals surface area contributed by atoms with Crippen molar-refractivity contribution < 1.29 is 4.39 Å². The van der Waals surface area contributed by atoms with E-state index in [0.717, 1.165) is 44.1 Å². The number of tetrazole rings is 1. The number of para-hydroxylation sites is 1. The molecule has 4 aromatic rings. The molecule has 7 nitrogen and oxygen atoms in total. The van der Waals surface area contributed by atoms with Gasteiger partial charge in [-0.05, 0) is 46.7 Å². The lowest BCUT2D eigenvalue weighted by atomic mass is 10.1. The van der Waals surface area contributed by atoms with Gasteiger partial charge in [-0.2, -0.15) is 0 Å². The number of hydrogen-bond acceptors (Lipinski definition) is 6. The van der Waals surface area contributed by atoms with Crippen molar-refractivity contribution in [2.24, 2.45) is 0 Å². The minimum absolute atomic E-state index is 0.167. The zero-order valence-electron chi connectivity index (χ0n) is 18.3. The van der Waals surface area contributed by atoms with Crippen molar-refractivity contribution in [1.29, 1.82) is 0 Å². The third-order valence-corrected chi connectivity index (χ3v) is 6.10. The zero-order chi connectivity index (χ0) is 22.5. The van der Waals surface area contributed by atoms with Crippen molar-refractivity contribution >= 4 is 5.69 Å². The maximum Gasteiger partial charge on any atom is 0.174 e. The Bertz CT molecular complexity index is 1160. The Hall–Kier alpha value is -3.65. The first kappa shape index (κ1) is 21.2. The van der Waals surface area contributed by atoms with E-state index in [0.29, 0.717) is 12.2 Å². The monoisotopic (exact) mass is 443 g/mol. The third-order valence-electron chi connectivity index (χ3n) is 6.10. The van der Waals surface area contributed by atoms with Gasteiger partial charge in [0.05, 0.1) is 11.4 Å². The van der Waals surface area contributed by atoms with Crippen LogP contribution in [0.3, 0.4) is 0 Å². The van der Waals surface area contributed by atoms with E-state index in [4.69, 9.17) is 0 Å². The van der Waals surface area contributed by atoms with Gasteiger partial charge in [0.25, 0.3) is 0 Å². The largest absolute Gasteiger partial charge is 0.367 e. The predicted molar refractivity (Wildman–Crippen MR) is 124 cm³/mol. The Morgan fingerprint density at radius 3 is 2.36 bits per heavy atom. The molecule has 3 heterocycles. The molecule has 1 saturated heterocycles. The molecule has 0 saturated carbocycles. The summed E-state index contributed by atoms with van der Waals surface area (Å²) in [6.45, 7) is 3.62. The molecule has 0 aliphatic carbocycles. The van der Waals surface area contributed by atoms with E-state index in [9.17, 15) is 4.39 Å². The van der Waals surface area contributed by atoms with Gasteiger partial charge in [-0.3, -0.25) is 9.88 Å². The summed E-state index contributed by atoms with van der Waals surface area (Å²) in [7, 11) is 0. The summed E-state index contributed by atoms with van der Waals surface area (Å²) in [5.41, 5.74) is 2.80. The number of pyridine rings is 1. The van der Waals surface area contributed by atoms with Gasteiger partial charge in [0.2, 0.25) is 0 Å². The summed E-state index contributed by atoms with van der Waals surface area (Å²) in [6, 6.07) is 23.0. The van der Waals surface area contributed by atoms with Crippen LogP contribution >= 0.6 is 0 Å².